The quantitative estimate of drug-likeness (QED) is 0.808. The Balaban J connectivity index is 2.12. The molecule has 0 saturated carbocycles. The molecule has 22 heavy (non-hydrogen) atoms. The van der Waals surface area contributed by atoms with Crippen LogP contribution in [0.2, 0.25) is 0 Å². The van der Waals surface area contributed by atoms with Crippen molar-refractivity contribution in [2.45, 2.75) is 26.4 Å². The summed E-state index contributed by atoms with van der Waals surface area (Å²) in [6.07, 6.45) is 0.706. The molecule has 0 spiro atoms. The van der Waals surface area contributed by atoms with Gasteiger partial charge in [0.25, 0.3) is 0 Å². The SMILES string of the molecule is CC(C)(C)OC(=O)Nc1ccc(-c2[nH]ncc2C(=O)O)cc1. The summed E-state index contributed by atoms with van der Waals surface area (Å²) in [5.74, 6) is -1.06. The summed E-state index contributed by atoms with van der Waals surface area (Å²) in [7, 11) is 0. The second kappa shape index (κ2) is 5.88. The van der Waals surface area contributed by atoms with E-state index in [1.54, 1.807) is 45.0 Å². The Labute approximate surface area is 127 Å². The van der Waals surface area contributed by atoms with Crippen LogP contribution >= 0.6 is 0 Å². The molecule has 1 amide bonds. The van der Waals surface area contributed by atoms with Gasteiger partial charge >= 0.3 is 12.1 Å². The lowest BCUT2D eigenvalue weighted by molar-refractivity contribution is 0.0634. The van der Waals surface area contributed by atoms with Crippen LogP contribution in [-0.4, -0.2) is 33.0 Å². The topological polar surface area (TPSA) is 104 Å². The molecular formula is C15H17N3O4. The van der Waals surface area contributed by atoms with Crippen molar-refractivity contribution < 1.29 is 19.4 Å². The molecule has 1 aromatic carbocycles. The number of hydrogen-bond acceptors (Lipinski definition) is 4. The van der Waals surface area contributed by atoms with Crippen LogP contribution in [0.1, 0.15) is 31.1 Å². The molecule has 116 valence electrons. The van der Waals surface area contributed by atoms with Gasteiger partial charge in [-0.25, -0.2) is 9.59 Å². The first-order valence-corrected chi connectivity index (χ1v) is 6.63. The number of aromatic amines is 1. The molecule has 1 heterocycles. The number of carbonyl (C=O) groups is 2. The van der Waals surface area contributed by atoms with E-state index in [4.69, 9.17) is 9.84 Å². The maximum atomic E-state index is 11.7. The Morgan fingerprint density at radius 3 is 2.41 bits per heavy atom. The summed E-state index contributed by atoms with van der Waals surface area (Å²) in [5, 5.41) is 18.1. The number of aromatic nitrogens is 2. The van der Waals surface area contributed by atoms with Gasteiger partial charge in [0.05, 0.1) is 11.9 Å². The lowest BCUT2D eigenvalue weighted by atomic mass is 10.1. The Morgan fingerprint density at radius 1 is 1.23 bits per heavy atom. The normalized spacial score (nSPS) is 11.0. The minimum atomic E-state index is -1.06. The number of rotatable bonds is 3. The highest BCUT2D eigenvalue weighted by atomic mass is 16.6. The van der Waals surface area contributed by atoms with Crippen molar-refractivity contribution in [3.63, 3.8) is 0 Å². The Hall–Kier alpha value is -2.83. The van der Waals surface area contributed by atoms with E-state index in [2.05, 4.69) is 15.5 Å². The van der Waals surface area contributed by atoms with E-state index in [0.717, 1.165) is 0 Å². The van der Waals surface area contributed by atoms with Crippen LogP contribution in [0.3, 0.4) is 0 Å². The molecule has 0 radical (unpaired) electrons. The van der Waals surface area contributed by atoms with E-state index >= 15 is 0 Å². The average molecular weight is 303 g/mol. The maximum Gasteiger partial charge on any atom is 0.412 e. The van der Waals surface area contributed by atoms with Crippen LogP contribution in [0.5, 0.6) is 0 Å². The first-order chi connectivity index (χ1) is 10.3. The second-order valence-corrected chi connectivity index (χ2v) is 5.67. The van der Waals surface area contributed by atoms with Gasteiger partial charge in [-0.15, -0.1) is 0 Å². The summed E-state index contributed by atoms with van der Waals surface area (Å²) in [6, 6.07) is 6.69. The molecule has 7 nitrogen and oxygen atoms in total. The molecule has 0 fully saturated rings. The molecule has 0 aliphatic rings. The molecular weight excluding hydrogens is 286 g/mol. The predicted molar refractivity (Wildman–Crippen MR) is 80.8 cm³/mol. The number of aromatic carboxylic acids is 1. The summed E-state index contributed by atoms with van der Waals surface area (Å²) < 4.78 is 5.15. The van der Waals surface area contributed by atoms with Gasteiger partial charge in [-0.3, -0.25) is 10.4 Å². The first kappa shape index (κ1) is 15.6. The molecule has 0 bridgehead atoms. The highest BCUT2D eigenvalue weighted by Crippen LogP contribution is 2.23. The van der Waals surface area contributed by atoms with Gasteiger partial charge in [0.15, 0.2) is 0 Å². The predicted octanol–water partition coefficient (Wildman–Crippen LogP) is 3.12. The Bertz CT molecular complexity index is 684. The van der Waals surface area contributed by atoms with Gasteiger partial charge in [0.2, 0.25) is 0 Å². The number of amides is 1. The summed E-state index contributed by atoms with van der Waals surface area (Å²) >= 11 is 0. The fourth-order valence-corrected chi connectivity index (χ4v) is 1.81. The average Bonchev–Trinajstić information content (AvgIpc) is 2.86. The molecule has 1 aromatic heterocycles. The van der Waals surface area contributed by atoms with E-state index < -0.39 is 17.7 Å². The minimum Gasteiger partial charge on any atom is -0.478 e. The molecule has 2 rings (SSSR count). The van der Waals surface area contributed by atoms with Gasteiger partial charge in [-0.2, -0.15) is 5.10 Å². The third kappa shape index (κ3) is 3.85. The Morgan fingerprint density at radius 2 is 1.86 bits per heavy atom. The highest BCUT2D eigenvalue weighted by Gasteiger charge is 2.17. The van der Waals surface area contributed by atoms with Crippen molar-refractivity contribution in [1.29, 1.82) is 0 Å². The van der Waals surface area contributed by atoms with Crippen molar-refractivity contribution >= 4 is 17.7 Å². The monoisotopic (exact) mass is 303 g/mol. The third-order valence-corrected chi connectivity index (χ3v) is 2.69. The number of benzene rings is 1. The van der Waals surface area contributed by atoms with Crippen molar-refractivity contribution in [3.8, 4) is 11.3 Å². The van der Waals surface area contributed by atoms with Gasteiger partial charge < -0.3 is 9.84 Å². The zero-order chi connectivity index (χ0) is 16.3. The van der Waals surface area contributed by atoms with Crippen LogP contribution in [0.25, 0.3) is 11.3 Å². The number of hydrogen-bond donors (Lipinski definition) is 3. The minimum absolute atomic E-state index is 0.0906. The van der Waals surface area contributed by atoms with Crippen LogP contribution in [0.4, 0.5) is 10.5 Å². The Kier molecular flexibility index (Phi) is 4.16. The summed E-state index contributed by atoms with van der Waals surface area (Å²) in [6.45, 7) is 5.34. The number of H-pyrrole nitrogens is 1. The maximum absolute atomic E-state index is 11.7. The van der Waals surface area contributed by atoms with Crippen molar-refractivity contribution in [2.75, 3.05) is 5.32 Å². The zero-order valence-corrected chi connectivity index (χ0v) is 12.5. The third-order valence-electron chi connectivity index (χ3n) is 2.69. The fraction of sp³-hybridized carbons (Fsp3) is 0.267. The van der Waals surface area contributed by atoms with Crippen molar-refractivity contribution in [2.24, 2.45) is 0 Å². The molecule has 3 N–H and O–H groups in total. The fourth-order valence-electron chi connectivity index (χ4n) is 1.81. The highest BCUT2D eigenvalue weighted by molar-refractivity contribution is 5.94. The van der Waals surface area contributed by atoms with Gasteiger partial charge in [-0.05, 0) is 32.9 Å². The zero-order valence-electron chi connectivity index (χ0n) is 12.5. The lowest BCUT2D eigenvalue weighted by Crippen LogP contribution is -2.27. The number of carboxylic acid groups (broad SMARTS) is 1. The van der Waals surface area contributed by atoms with E-state index in [0.29, 0.717) is 16.9 Å². The van der Waals surface area contributed by atoms with Gasteiger partial charge in [0.1, 0.15) is 11.2 Å². The number of carboxylic acids is 1. The lowest BCUT2D eigenvalue weighted by Gasteiger charge is -2.19. The van der Waals surface area contributed by atoms with Crippen LogP contribution in [0.15, 0.2) is 30.5 Å². The molecule has 2 aromatic rings. The molecule has 0 unspecified atom stereocenters. The standard InChI is InChI=1S/C15H17N3O4/c1-15(2,3)22-14(21)17-10-6-4-9(5-7-10)12-11(13(19)20)8-16-18-12/h4-8H,1-3H3,(H,16,18)(H,17,21)(H,19,20). The summed E-state index contributed by atoms with van der Waals surface area (Å²) in [5.41, 5.74) is 1.14. The number of anilines is 1. The van der Waals surface area contributed by atoms with Crippen LogP contribution in [-0.2, 0) is 4.74 Å². The van der Waals surface area contributed by atoms with E-state index in [1.165, 1.54) is 6.20 Å². The van der Waals surface area contributed by atoms with Crippen LogP contribution < -0.4 is 5.32 Å². The number of carbonyl (C=O) groups excluding carboxylic acids is 1. The molecule has 0 atom stereocenters. The van der Waals surface area contributed by atoms with E-state index in [9.17, 15) is 9.59 Å². The van der Waals surface area contributed by atoms with Crippen molar-refractivity contribution in [3.05, 3.63) is 36.0 Å². The van der Waals surface area contributed by atoms with E-state index in [-0.39, 0.29) is 5.56 Å². The van der Waals surface area contributed by atoms with Gasteiger partial charge in [-0.1, -0.05) is 12.1 Å². The molecule has 0 aliphatic heterocycles. The van der Waals surface area contributed by atoms with Crippen LogP contribution in [0, 0.1) is 0 Å². The molecule has 7 heteroatoms. The molecule has 0 saturated heterocycles. The molecule has 0 aliphatic carbocycles. The van der Waals surface area contributed by atoms with Gasteiger partial charge in [0, 0.05) is 11.3 Å². The second-order valence-electron chi connectivity index (χ2n) is 5.67. The van der Waals surface area contributed by atoms with E-state index in [1.807, 2.05) is 0 Å². The summed E-state index contributed by atoms with van der Waals surface area (Å²) in [4.78, 5) is 22.7. The number of ether oxygens (including phenoxy) is 1. The number of nitrogens with zero attached hydrogens (tertiary/aromatic N) is 1. The smallest absolute Gasteiger partial charge is 0.412 e. The first-order valence-electron chi connectivity index (χ1n) is 6.63. The van der Waals surface area contributed by atoms with Crippen molar-refractivity contribution in [1.82, 2.24) is 10.2 Å². The largest absolute Gasteiger partial charge is 0.478 e. The number of nitrogens with one attached hydrogen (secondary N) is 2.